The number of halogens is 1. The van der Waals surface area contributed by atoms with Crippen LogP contribution in [0.3, 0.4) is 0 Å². The molecule has 1 amide bonds. The highest BCUT2D eigenvalue weighted by Crippen LogP contribution is 2.45. The molecular weight excluding hydrogens is 506 g/mol. The minimum Gasteiger partial charge on any atom is -0.507 e. The largest absolute Gasteiger partial charge is 0.507 e. The lowest BCUT2D eigenvalue weighted by Gasteiger charge is -2.26. The maximum atomic E-state index is 13.5. The van der Waals surface area contributed by atoms with Gasteiger partial charge >= 0.3 is 0 Å². The summed E-state index contributed by atoms with van der Waals surface area (Å²) in [5.74, 6) is -0.116. The van der Waals surface area contributed by atoms with Gasteiger partial charge in [0, 0.05) is 5.69 Å². The Labute approximate surface area is 227 Å². The number of carbonyl (C=O) groups is 2. The van der Waals surface area contributed by atoms with Gasteiger partial charge in [-0.25, -0.2) is 0 Å². The number of rotatable bonds is 8. The van der Waals surface area contributed by atoms with Gasteiger partial charge in [-0.2, -0.15) is 0 Å². The van der Waals surface area contributed by atoms with Crippen LogP contribution in [0.5, 0.6) is 17.2 Å². The number of carbonyl (C=O) groups excluding carboxylic acids is 2. The summed E-state index contributed by atoms with van der Waals surface area (Å²) < 4.78 is 16.5. The summed E-state index contributed by atoms with van der Waals surface area (Å²) in [6.45, 7) is 6.47. The van der Waals surface area contributed by atoms with Gasteiger partial charge in [-0.15, -0.1) is 0 Å². The molecule has 4 rings (SSSR count). The van der Waals surface area contributed by atoms with E-state index in [1.807, 2.05) is 6.92 Å². The van der Waals surface area contributed by atoms with Crippen molar-refractivity contribution in [1.29, 1.82) is 0 Å². The van der Waals surface area contributed by atoms with Gasteiger partial charge in [0.25, 0.3) is 11.7 Å². The number of aliphatic hydroxyl groups excluding tert-OH is 1. The maximum Gasteiger partial charge on any atom is 0.300 e. The second-order valence-corrected chi connectivity index (χ2v) is 9.88. The number of Topliss-reactive ketones (excluding diaryl/α,β-unsaturated/α-hetero) is 1. The molecule has 0 bridgehead atoms. The fraction of sp³-hybridized carbons (Fsp3) is 0.267. The third-order valence-corrected chi connectivity index (χ3v) is 6.50. The molecule has 0 spiro atoms. The van der Waals surface area contributed by atoms with Gasteiger partial charge in [-0.1, -0.05) is 37.6 Å². The molecule has 0 aromatic heterocycles. The van der Waals surface area contributed by atoms with E-state index in [9.17, 15) is 14.7 Å². The molecule has 3 aromatic rings. The molecule has 1 aliphatic rings. The zero-order valence-electron chi connectivity index (χ0n) is 21.9. The van der Waals surface area contributed by atoms with Crippen LogP contribution in [0, 0.1) is 12.8 Å². The minimum atomic E-state index is -0.910. The van der Waals surface area contributed by atoms with Gasteiger partial charge in [0.2, 0.25) is 0 Å². The Balaban J connectivity index is 1.89. The Kier molecular flexibility index (Phi) is 7.97. The van der Waals surface area contributed by atoms with Gasteiger partial charge in [0.05, 0.1) is 43.0 Å². The average Bonchev–Trinajstić information content (AvgIpc) is 3.17. The van der Waals surface area contributed by atoms with Crippen molar-refractivity contribution in [2.75, 3.05) is 25.7 Å². The lowest BCUT2D eigenvalue weighted by Crippen LogP contribution is -2.29. The third-order valence-electron chi connectivity index (χ3n) is 6.22. The number of anilines is 1. The Morgan fingerprint density at radius 1 is 0.974 bits per heavy atom. The number of hydrogen-bond donors (Lipinski definition) is 1. The molecule has 7 nitrogen and oxygen atoms in total. The Hall–Kier alpha value is -3.97. The van der Waals surface area contributed by atoms with Crippen LogP contribution in [0.1, 0.15) is 36.6 Å². The molecule has 1 N–H and O–H groups in total. The summed E-state index contributed by atoms with van der Waals surface area (Å²) in [4.78, 5) is 28.3. The van der Waals surface area contributed by atoms with Crippen molar-refractivity contribution in [1.82, 2.24) is 0 Å². The standard InChI is InChI=1S/C30H30ClNO6/c1-17(2)16-38-22-12-8-20(9-13-22)32-26(19-6-10-21(36-4)11-7-19)25(28(34)30(32)35)27(33)23-14-18(3)15-24(31)29(23)37-5/h6-15,17,26,33H,16H2,1-5H3/b27-25+. The first-order valence-electron chi connectivity index (χ1n) is 12.2. The molecule has 0 aliphatic carbocycles. The Bertz CT molecular complexity index is 1380. The van der Waals surface area contributed by atoms with Crippen molar-refractivity contribution in [3.8, 4) is 17.2 Å². The van der Waals surface area contributed by atoms with Crippen LogP contribution in [0.15, 0.2) is 66.2 Å². The number of nitrogens with zero attached hydrogens (tertiary/aromatic N) is 1. The molecule has 1 aliphatic heterocycles. The normalized spacial score (nSPS) is 16.7. The maximum absolute atomic E-state index is 13.5. The number of ether oxygens (including phenoxy) is 3. The molecule has 8 heteroatoms. The summed E-state index contributed by atoms with van der Waals surface area (Å²) in [5.41, 5.74) is 2.01. The predicted octanol–water partition coefficient (Wildman–Crippen LogP) is 6.33. The van der Waals surface area contributed by atoms with Crippen molar-refractivity contribution in [2.45, 2.75) is 26.8 Å². The van der Waals surface area contributed by atoms with Crippen LogP contribution in [-0.2, 0) is 9.59 Å². The number of methoxy groups -OCH3 is 2. The number of benzene rings is 3. The van der Waals surface area contributed by atoms with E-state index >= 15 is 0 Å². The van der Waals surface area contributed by atoms with Gasteiger partial charge < -0.3 is 19.3 Å². The molecule has 0 radical (unpaired) electrons. The molecule has 1 unspecified atom stereocenters. The van der Waals surface area contributed by atoms with Crippen LogP contribution >= 0.6 is 11.6 Å². The van der Waals surface area contributed by atoms with Crippen molar-refractivity contribution in [3.05, 3.63) is 87.9 Å². The fourth-order valence-electron chi connectivity index (χ4n) is 4.42. The average molecular weight is 536 g/mol. The van der Waals surface area contributed by atoms with E-state index in [1.165, 1.54) is 12.0 Å². The Morgan fingerprint density at radius 2 is 1.61 bits per heavy atom. The van der Waals surface area contributed by atoms with Gasteiger partial charge in [-0.3, -0.25) is 14.5 Å². The second kappa shape index (κ2) is 11.2. The lowest BCUT2D eigenvalue weighted by atomic mass is 9.94. The number of hydrogen-bond acceptors (Lipinski definition) is 6. The van der Waals surface area contributed by atoms with E-state index in [0.717, 1.165) is 5.56 Å². The van der Waals surface area contributed by atoms with E-state index in [0.29, 0.717) is 35.3 Å². The van der Waals surface area contributed by atoms with Crippen LogP contribution < -0.4 is 19.1 Å². The van der Waals surface area contributed by atoms with E-state index in [1.54, 1.807) is 67.8 Å². The molecule has 38 heavy (non-hydrogen) atoms. The summed E-state index contributed by atoms with van der Waals surface area (Å²) in [7, 11) is 2.98. The number of aliphatic hydroxyl groups is 1. The van der Waals surface area contributed by atoms with E-state index in [2.05, 4.69) is 13.8 Å². The molecule has 1 fully saturated rings. The number of ketones is 1. The third kappa shape index (κ3) is 5.20. The van der Waals surface area contributed by atoms with Crippen molar-refractivity contribution < 1.29 is 28.9 Å². The van der Waals surface area contributed by atoms with E-state index < -0.39 is 17.7 Å². The first-order valence-corrected chi connectivity index (χ1v) is 12.6. The van der Waals surface area contributed by atoms with E-state index in [-0.39, 0.29) is 27.7 Å². The minimum absolute atomic E-state index is 0.0692. The summed E-state index contributed by atoms with van der Waals surface area (Å²) in [6.07, 6.45) is 0. The van der Waals surface area contributed by atoms with Crippen LogP contribution in [0.4, 0.5) is 5.69 Å². The zero-order valence-corrected chi connectivity index (χ0v) is 22.7. The zero-order chi connectivity index (χ0) is 27.6. The highest BCUT2D eigenvalue weighted by Gasteiger charge is 2.47. The topological polar surface area (TPSA) is 85.3 Å². The van der Waals surface area contributed by atoms with Crippen LogP contribution in [0.25, 0.3) is 5.76 Å². The van der Waals surface area contributed by atoms with Gasteiger partial charge in [0.1, 0.15) is 23.0 Å². The molecule has 1 heterocycles. The van der Waals surface area contributed by atoms with Crippen molar-refractivity contribution in [3.63, 3.8) is 0 Å². The quantitative estimate of drug-likeness (QED) is 0.206. The van der Waals surface area contributed by atoms with Crippen LogP contribution in [-0.4, -0.2) is 37.6 Å². The molecular formula is C30H30ClNO6. The van der Waals surface area contributed by atoms with E-state index in [4.69, 9.17) is 25.8 Å². The van der Waals surface area contributed by atoms with Crippen molar-refractivity contribution in [2.24, 2.45) is 5.92 Å². The SMILES string of the molecule is COc1ccc(C2/C(=C(\O)c3cc(C)cc(Cl)c3OC)C(=O)C(=O)N2c2ccc(OCC(C)C)cc2)cc1. The summed E-state index contributed by atoms with van der Waals surface area (Å²) in [5, 5.41) is 11.8. The summed E-state index contributed by atoms with van der Waals surface area (Å²) >= 11 is 6.38. The van der Waals surface area contributed by atoms with Gasteiger partial charge in [0.15, 0.2) is 0 Å². The smallest absolute Gasteiger partial charge is 0.300 e. The highest BCUT2D eigenvalue weighted by atomic mass is 35.5. The molecule has 1 atom stereocenters. The highest BCUT2D eigenvalue weighted by molar-refractivity contribution is 6.51. The second-order valence-electron chi connectivity index (χ2n) is 9.47. The van der Waals surface area contributed by atoms with Crippen molar-refractivity contribution >= 4 is 34.7 Å². The number of aryl methyl sites for hydroxylation is 1. The first-order chi connectivity index (χ1) is 18.2. The lowest BCUT2D eigenvalue weighted by molar-refractivity contribution is -0.132. The predicted molar refractivity (Wildman–Crippen MR) is 147 cm³/mol. The monoisotopic (exact) mass is 535 g/mol. The first kappa shape index (κ1) is 27.1. The Morgan fingerprint density at radius 3 is 2.18 bits per heavy atom. The van der Waals surface area contributed by atoms with Crippen LogP contribution in [0.2, 0.25) is 5.02 Å². The number of amides is 1. The molecule has 3 aromatic carbocycles. The molecule has 198 valence electrons. The summed E-state index contributed by atoms with van der Waals surface area (Å²) in [6, 6.07) is 16.4. The molecule has 1 saturated heterocycles. The molecule has 0 saturated carbocycles. The fourth-order valence-corrected chi connectivity index (χ4v) is 4.77. The van der Waals surface area contributed by atoms with Gasteiger partial charge in [-0.05, 0) is 72.5 Å².